The van der Waals surface area contributed by atoms with Gasteiger partial charge in [-0.3, -0.25) is 4.79 Å². The van der Waals surface area contributed by atoms with Gasteiger partial charge in [0.25, 0.3) is 0 Å². The highest BCUT2D eigenvalue weighted by atomic mass is 35.5. The molecule has 0 saturated carbocycles. The van der Waals surface area contributed by atoms with Gasteiger partial charge in [0, 0.05) is 12.1 Å². The van der Waals surface area contributed by atoms with Crippen LogP contribution in [0, 0.1) is 5.92 Å². The quantitative estimate of drug-likeness (QED) is 0.835. The summed E-state index contributed by atoms with van der Waals surface area (Å²) in [6, 6.07) is 3.18. The monoisotopic (exact) mass is 296 g/mol. The van der Waals surface area contributed by atoms with Crippen molar-refractivity contribution < 1.29 is 14.3 Å². The van der Waals surface area contributed by atoms with Gasteiger partial charge < -0.3 is 20.5 Å². The Hall–Kier alpha value is -1.72. The third kappa shape index (κ3) is 3.05. The van der Waals surface area contributed by atoms with Crippen molar-refractivity contribution in [3.8, 4) is 11.5 Å². The standard InChI is InChI=1S/C14H17ClN2O3/c1-19-12-7-13(20-2)11(6-10(12)15)17-14(18)8-3-4-9(16)5-8/h3-4,6-9H,5,16H2,1-2H3,(H,17,18). The minimum atomic E-state index is -0.226. The van der Waals surface area contributed by atoms with Crippen LogP contribution in [0.1, 0.15) is 6.42 Å². The van der Waals surface area contributed by atoms with Crippen LogP contribution in [0.15, 0.2) is 24.3 Å². The lowest BCUT2D eigenvalue weighted by Gasteiger charge is -2.15. The second kappa shape index (κ2) is 6.15. The summed E-state index contributed by atoms with van der Waals surface area (Å²) in [6.45, 7) is 0. The smallest absolute Gasteiger partial charge is 0.231 e. The van der Waals surface area contributed by atoms with E-state index in [4.69, 9.17) is 26.8 Å². The number of benzene rings is 1. The molecule has 1 aromatic rings. The first kappa shape index (κ1) is 14.7. The summed E-state index contributed by atoms with van der Waals surface area (Å²) in [6.07, 6.45) is 4.26. The molecule has 0 fully saturated rings. The zero-order chi connectivity index (χ0) is 14.7. The third-order valence-electron chi connectivity index (χ3n) is 3.19. The number of ether oxygens (including phenoxy) is 2. The molecule has 0 saturated heterocycles. The number of hydrogen-bond acceptors (Lipinski definition) is 4. The van der Waals surface area contributed by atoms with E-state index in [1.165, 1.54) is 14.2 Å². The van der Waals surface area contributed by atoms with Gasteiger partial charge in [-0.15, -0.1) is 0 Å². The number of carbonyl (C=O) groups excluding carboxylic acids is 1. The van der Waals surface area contributed by atoms with Crippen LogP contribution in [0.25, 0.3) is 0 Å². The van der Waals surface area contributed by atoms with Crippen molar-refractivity contribution in [2.75, 3.05) is 19.5 Å². The minimum Gasteiger partial charge on any atom is -0.495 e. The molecular formula is C14H17ClN2O3. The summed E-state index contributed by atoms with van der Waals surface area (Å²) in [4.78, 5) is 12.1. The fourth-order valence-electron chi connectivity index (χ4n) is 2.10. The second-order valence-electron chi connectivity index (χ2n) is 4.57. The summed E-state index contributed by atoms with van der Waals surface area (Å²) in [7, 11) is 3.04. The molecule has 1 amide bonds. The Kier molecular flexibility index (Phi) is 4.52. The highest BCUT2D eigenvalue weighted by Gasteiger charge is 2.23. The fraction of sp³-hybridized carbons (Fsp3) is 0.357. The normalized spacial score (nSPS) is 20.8. The van der Waals surface area contributed by atoms with Crippen LogP contribution in [0.5, 0.6) is 11.5 Å². The number of hydrogen-bond donors (Lipinski definition) is 2. The first-order valence-electron chi connectivity index (χ1n) is 6.21. The molecule has 6 heteroatoms. The lowest BCUT2D eigenvalue weighted by molar-refractivity contribution is -0.118. The second-order valence-corrected chi connectivity index (χ2v) is 4.97. The third-order valence-corrected chi connectivity index (χ3v) is 3.48. The van der Waals surface area contributed by atoms with Gasteiger partial charge in [-0.05, 0) is 12.5 Å². The van der Waals surface area contributed by atoms with Crippen LogP contribution in [-0.4, -0.2) is 26.2 Å². The van der Waals surface area contributed by atoms with E-state index in [9.17, 15) is 4.79 Å². The van der Waals surface area contributed by atoms with Gasteiger partial charge in [0.05, 0.1) is 30.8 Å². The SMILES string of the molecule is COc1cc(OC)c(NC(=O)C2C=CC(N)C2)cc1Cl. The molecule has 0 aliphatic heterocycles. The van der Waals surface area contributed by atoms with Gasteiger partial charge >= 0.3 is 0 Å². The Morgan fingerprint density at radius 1 is 1.30 bits per heavy atom. The topological polar surface area (TPSA) is 73.6 Å². The zero-order valence-electron chi connectivity index (χ0n) is 11.4. The molecule has 0 aromatic heterocycles. The van der Waals surface area contributed by atoms with E-state index < -0.39 is 0 Å². The minimum absolute atomic E-state index is 0.0629. The van der Waals surface area contributed by atoms with Crippen molar-refractivity contribution >= 4 is 23.2 Å². The molecule has 0 heterocycles. The molecule has 1 aromatic carbocycles. The van der Waals surface area contributed by atoms with Crippen LogP contribution in [0.2, 0.25) is 5.02 Å². The Labute approximate surface area is 122 Å². The molecule has 0 radical (unpaired) electrons. The number of nitrogens with one attached hydrogen (secondary N) is 1. The number of anilines is 1. The molecule has 2 atom stereocenters. The Morgan fingerprint density at radius 3 is 2.55 bits per heavy atom. The van der Waals surface area contributed by atoms with Crippen LogP contribution in [0.4, 0.5) is 5.69 Å². The number of carbonyl (C=O) groups is 1. The van der Waals surface area contributed by atoms with E-state index in [1.807, 2.05) is 12.2 Å². The summed E-state index contributed by atoms with van der Waals surface area (Å²) >= 11 is 6.06. The maximum absolute atomic E-state index is 12.1. The van der Waals surface area contributed by atoms with E-state index >= 15 is 0 Å². The Balaban J connectivity index is 2.18. The lowest BCUT2D eigenvalue weighted by atomic mass is 10.1. The lowest BCUT2D eigenvalue weighted by Crippen LogP contribution is -2.24. The maximum Gasteiger partial charge on any atom is 0.231 e. The average molecular weight is 297 g/mol. The largest absolute Gasteiger partial charge is 0.495 e. The van der Waals surface area contributed by atoms with Crippen molar-refractivity contribution in [3.63, 3.8) is 0 Å². The summed E-state index contributed by atoms with van der Waals surface area (Å²) in [5, 5.41) is 3.21. The molecule has 5 nitrogen and oxygen atoms in total. The molecule has 2 rings (SSSR count). The van der Waals surface area contributed by atoms with E-state index in [0.29, 0.717) is 28.6 Å². The van der Waals surface area contributed by atoms with Gasteiger partial charge in [0.2, 0.25) is 5.91 Å². The number of rotatable bonds is 4. The summed E-state index contributed by atoms with van der Waals surface area (Å²) < 4.78 is 10.3. The predicted molar refractivity (Wildman–Crippen MR) is 78.4 cm³/mol. The molecule has 108 valence electrons. The van der Waals surface area contributed by atoms with Gasteiger partial charge in [-0.2, -0.15) is 0 Å². The Morgan fingerprint density at radius 2 is 2.00 bits per heavy atom. The van der Waals surface area contributed by atoms with E-state index in [2.05, 4.69) is 5.32 Å². The predicted octanol–water partition coefficient (Wildman–Crippen LogP) is 2.20. The highest BCUT2D eigenvalue weighted by molar-refractivity contribution is 6.32. The molecular weight excluding hydrogens is 280 g/mol. The van der Waals surface area contributed by atoms with Crippen molar-refractivity contribution in [1.29, 1.82) is 0 Å². The summed E-state index contributed by atoms with van der Waals surface area (Å²) in [5.41, 5.74) is 6.26. The first-order chi connectivity index (χ1) is 9.55. The number of nitrogens with two attached hydrogens (primary N) is 1. The van der Waals surface area contributed by atoms with Crippen molar-refractivity contribution in [2.45, 2.75) is 12.5 Å². The van der Waals surface area contributed by atoms with Crippen molar-refractivity contribution in [3.05, 3.63) is 29.3 Å². The van der Waals surface area contributed by atoms with Gasteiger partial charge in [-0.1, -0.05) is 23.8 Å². The van der Waals surface area contributed by atoms with Gasteiger partial charge in [0.15, 0.2) is 0 Å². The van der Waals surface area contributed by atoms with Crippen LogP contribution < -0.4 is 20.5 Å². The molecule has 1 aliphatic carbocycles. The van der Waals surface area contributed by atoms with Crippen LogP contribution >= 0.6 is 11.6 Å². The van der Waals surface area contributed by atoms with Crippen molar-refractivity contribution in [2.24, 2.45) is 11.7 Å². The zero-order valence-corrected chi connectivity index (χ0v) is 12.1. The number of methoxy groups -OCH3 is 2. The van der Waals surface area contributed by atoms with Crippen LogP contribution in [-0.2, 0) is 4.79 Å². The molecule has 1 aliphatic rings. The van der Waals surface area contributed by atoms with E-state index in [-0.39, 0.29) is 17.9 Å². The van der Waals surface area contributed by atoms with Crippen molar-refractivity contribution in [1.82, 2.24) is 0 Å². The van der Waals surface area contributed by atoms with Crippen LogP contribution in [0.3, 0.4) is 0 Å². The van der Waals surface area contributed by atoms with Gasteiger partial charge in [-0.25, -0.2) is 0 Å². The molecule has 2 unspecified atom stereocenters. The first-order valence-corrected chi connectivity index (χ1v) is 6.59. The van der Waals surface area contributed by atoms with Gasteiger partial charge in [0.1, 0.15) is 11.5 Å². The average Bonchev–Trinajstić information content (AvgIpc) is 2.86. The maximum atomic E-state index is 12.1. The van der Waals surface area contributed by atoms with E-state index in [0.717, 1.165) is 0 Å². The molecule has 20 heavy (non-hydrogen) atoms. The number of halogens is 1. The highest BCUT2D eigenvalue weighted by Crippen LogP contribution is 2.36. The summed E-state index contributed by atoms with van der Waals surface area (Å²) in [5.74, 6) is 0.625. The molecule has 0 spiro atoms. The fourth-order valence-corrected chi connectivity index (χ4v) is 2.35. The Bertz CT molecular complexity index is 545. The number of amides is 1. The molecule has 3 N–H and O–H groups in total. The molecule has 0 bridgehead atoms. The van der Waals surface area contributed by atoms with E-state index in [1.54, 1.807) is 12.1 Å².